The van der Waals surface area contributed by atoms with Crippen molar-refractivity contribution in [2.75, 3.05) is 20.0 Å². The molecule has 0 saturated heterocycles. The van der Waals surface area contributed by atoms with E-state index in [1.54, 1.807) is 29.2 Å². The minimum Gasteiger partial charge on any atom is -0.465 e. The number of carbonyl (C=O) groups is 2. The average Bonchev–Trinajstić information content (AvgIpc) is 3.57. The van der Waals surface area contributed by atoms with Crippen LogP contribution in [-0.4, -0.2) is 60.6 Å². The number of aromatic nitrogens is 6. The normalized spacial score (nSPS) is 10.2. The lowest BCUT2D eigenvalue weighted by atomic mass is 10.1. The summed E-state index contributed by atoms with van der Waals surface area (Å²) in [5.74, 6) is -1.03. The summed E-state index contributed by atoms with van der Waals surface area (Å²) in [6.07, 6.45) is 5.89. The maximum Gasteiger partial charge on any atom is 0.338 e. The van der Waals surface area contributed by atoms with E-state index in [0.29, 0.717) is 23.4 Å². The molecule has 14 nitrogen and oxygen atoms in total. The molecular formula is C22H22N8O6. The number of hydrogen-bond donors (Lipinski definition) is 1. The van der Waals surface area contributed by atoms with E-state index in [1.165, 1.54) is 56.1 Å². The molecule has 0 fully saturated rings. The van der Waals surface area contributed by atoms with Crippen LogP contribution >= 0.6 is 0 Å². The zero-order valence-corrected chi connectivity index (χ0v) is 19.3. The molecular weight excluding hydrogens is 472 g/mol. The van der Waals surface area contributed by atoms with Crippen LogP contribution in [0.2, 0.25) is 0 Å². The maximum atomic E-state index is 11.5. The molecule has 186 valence electrons. The van der Waals surface area contributed by atoms with E-state index in [9.17, 15) is 19.7 Å². The third kappa shape index (κ3) is 6.93. The Bertz CT molecular complexity index is 1340. The number of nitro benzene ring substituents is 1. The van der Waals surface area contributed by atoms with Crippen LogP contribution in [-0.2, 0) is 22.6 Å². The van der Waals surface area contributed by atoms with Gasteiger partial charge in [0.1, 0.15) is 25.3 Å². The van der Waals surface area contributed by atoms with E-state index in [1.807, 2.05) is 0 Å². The first-order chi connectivity index (χ1) is 17.3. The molecule has 4 aromatic rings. The van der Waals surface area contributed by atoms with Crippen molar-refractivity contribution < 1.29 is 24.0 Å². The fourth-order valence-electron chi connectivity index (χ4n) is 3.15. The van der Waals surface area contributed by atoms with E-state index in [2.05, 4.69) is 29.6 Å². The highest BCUT2D eigenvalue weighted by molar-refractivity contribution is 5.91. The van der Waals surface area contributed by atoms with E-state index < -0.39 is 16.9 Å². The van der Waals surface area contributed by atoms with Crippen LogP contribution in [0.5, 0.6) is 0 Å². The fraction of sp³-hybridized carbons (Fsp3) is 0.182. The van der Waals surface area contributed by atoms with Gasteiger partial charge in [0, 0.05) is 17.8 Å². The second kappa shape index (κ2) is 11.8. The summed E-state index contributed by atoms with van der Waals surface area (Å²) in [6.45, 7) is 0.792. The zero-order chi connectivity index (χ0) is 26.1. The van der Waals surface area contributed by atoms with Crippen LogP contribution in [0, 0.1) is 10.1 Å². The van der Waals surface area contributed by atoms with Crippen molar-refractivity contribution >= 4 is 23.3 Å². The molecule has 0 bridgehead atoms. The maximum absolute atomic E-state index is 11.5. The molecule has 2 heterocycles. The second-order valence-corrected chi connectivity index (χ2v) is 7.28. The highest BCUT2D eigenvalue weighted by Gasteiger charge is 2.15. The Hall–Kier alpha value is -5.14. The fourth-order valence-corrected chi connectivity index (χ4v) is 3.15. The van der Waals surface area contributed by atoms with Crippen LogP contribution in [0.4, 0.5) is 11.4 Å². The van der Waals surface area contributed by atoms with Crippen molar-refractivity contribution in [2.24, 2.45) is 0 Å². The molecule has 2 aromatic carbocycles. The van der Waals surface area contributed by atoms with Gasteiger partial charge in [-0.3, -0.25) is 10.1 Å². The molecule has 0 aliphatic carbocycles. The summed E-state index contributed by atoms with van der Waals surface area (Å²) in [5, 5.41) is 18.7. The smallest absolute Gasteiger partial charge is 0.338 e. The van der Waals surface area contributed by atoms with Crippen molar-refractivity contribution in [3.05, 3.63) is 94.1 Å². The summed E-state index contributed by atoms with van der Waals surface area (Å²) < 4.78 is 12.4. The number of ether oxygens (including phenoxy) is 2. The van der Waals surface area contributed by atoms with Gasteiger partial charge < -0.3 is 15.2 Å². The van der Waals surface area contributed by atoms with Gasteiger partial charge in [-0.05, 0) is 35.4 Å². The van der Waals surface area contributed by atoms with Crippen molar-refractivity contribution in [1.29, 1.82) is 0 Å². The van der Waals surface area contributed by atoms with Crippen molar-refractivity contribution in [3.8, 4) is 0 Å². The third-order valence-electron chi connectivity index (χ3n) is 4.67. The van der Waals surface area contributed by atoms with Gasteiger partial charge in [0.2, 0.25) is 0 Å². The molecule has 36 heavy (non-hydrogen) atoms. The van der Waals surface area contributed by atoms with Crippen LogP contribution in [0.25, 0.3) is 0 Å². The Balaban J connectivity index is 0.000000202. The second-order valence-electron chi connectivity index (χ2n) is 7.28. The van der Waals surface area contributed by atoms with E-state index >= 15 is 0 Å². The first kappa shape index (κ1) is 25.5. The number of nitrogens with two attached hydrogens (primary N) is 1. The lowest BCUT2D eigenvalue weighted by Crippen LogP contribution is -2.06. The molecule has 4 rings (SSSR count). The zero-order valence-electron chi connectivity index (χ0n) is 19.3. The van der Waals surface area contributed by atoms with Gasteiger partial charge in [-0.15, -0.1) is 0 Å². The van der Waals surface area contributed by atoms with Gasteiger partial charge >= 0.3 is 11.9 Å². The highest BCUT2D eigenvalue weighted by Crippen LogP contribution is 2.19. The first-order valence-electron chi connectivity index (χ1n) is 10.3. The minimum absolute atomic E-state index is 0.131. The lowest BCUT2D eigenvalue weighted by molar-refractivity contribution is -0.385. The van der Waals surface area contributed by atoms with E-state index in [4.69, 9.17) is 5.73 Å². The van der Waals surface area contributed by atoms with Gasteiger partial charge in [-0.2, -0.15) is 10.2 Å². The first-order valence-corrected chi connectivity index (χ1v) is 10.3. The SMILES string of the molecule is COC(=O)c1cc(Cn2cncn2)cc([N+](=O)[O-])c1.COC(=O)c1cc(N)cc(Cn2cncn2)c1. The number of benzene rings is 2. The molecule has 2 aromatic heterocycles. The topological polar surface area (TPSA) is 183 Å². The van der Waals surface area contributed by atoms with Gasteiger partial charge in [-0.1, -0.05) is 0 Å². The largest absolute Gasteiger partial charge is 0.465 e. The van der Waals surface area contributed by atoms with Crippen LogP contribution in [0.15, 0.2) is 61.7 Å². The Kier molecular flexibility index (Phi) is 8.37. The summed E-state index contributed by atoms with van der Waals surface area (Å²) in [5.41, 5.74) is 8.08. The average molecular weight is 494 g/mol. The number of non-ortho nitro benzene ring substituents is 1. The number of esters is 2. The van der Waals surface area contributed by atoms with Gasteiger partial charge in [0.25, 0.3) is 5.69 Å². The molecule has 0 aliphatic heterocycles. The quantitative estimate of drug-likeness (QED) is 0.171. The number of anilines is 1. The molecule has 0 radical (unpaired) electrons. The van der Waals surface area contributed by atoms with E-state index in [0.717, 1.165) is 5.56 Å². The summed E-state index contributed by atoms with van der Waals surface area (Å²) in [6, 6.07) is 9.18. The van der Waals surface area contributed by atoms with Gasteiger partial charge in [0.15, 0.2) is 0 Å². The molecule has 0 amide bonds. The molecule has 2 N–H and O–H groups in total. The highest BCUT2D eigenvalue weighted by atomic mass is 16.6. The number of nitrogen functional groups attached to an aromatic ring is 1. The Labute approximate surface area is 204 Å². The third-order valence-corrected chi connectivity index (χ3v) is 4.67. The number of methoxy groups -OCH3 is 2. The molecule has 0 spiro atoms. The van der Waals surface area contributed by atoms with Crippen LogP contribution in [0.3, 0.4) is 0 Å². The van der Waals surface area contributed by atoms with Crippen molar-refractivity contribution in [2.45, 2.75) is 13.1 Å². The van der Waals surface area contributed by atoms with Crippen molar-refractivity contribution in [3.63, 3.8) is 0 Å². The predicted molar refractivity (Wildman–Crippen MR) is 125 cm³/mol. The molecule has 0 saturated carbocycles. The van der Waals surface area contributed by atoms with Crippen molar-refractivity contribution in [1.82, 2.24) is 29.5 Å². The van der Waals surface area contributed by atoms with Gasteiger partial charge in [0.05, 0.1) is 43.4 Å². The molecule has 0 atom stereocenters. The molecule has 0 unspecified atom stereocenters. The Morgan fingerprint density at radius 2 is 1.36 bits per heavy atom. The summed E-state index contributed by atoms with van der Waals surface area (Å²) >= 11 is 0. The monoisotopic (exact) mass is 494 g/mol. The number of hydrogen-bond acceptors (Lipinski definition) is 11. The number of carbonyl (C=O) groups excluding carboxylic acids is 2. The predicted octanol–water partition coefficient (Wildman–Crippen LogP) is 1.72. The number of rotatable bonds is 7. The minimum atomic E-state index is -0.622. The lowest BCUT2D eigenvalue weighted by Gasteiger charge is -2.06. The summed E-state index contributed by atoms with van der Waals surface area (Å²) in [7, 11) is 2.56. The van der Waals surface area contributed by atoms with Crippen LogP contribution in [0.1, 0.15) is 31.8 Å². The Morgan fingerprint density at radius 1 is 0.861 bits per heavy atom. The number of nitrogens with zero attached hydrogens (tertiary/aromatic N) is 7. The van der Waals surface area contributed by atoms with E-state index in [-0.39, 0.29) is 17.8 Å². The molecule has 14 heteroatoms. The molecule has 0 aliphatic rings. The van der Waals surface area contributed by atoms with Gasteiger partial charge in [-0.25, -0.2) is 28.9 Å². The Morgan fingerprint density at radius 3 is 1.81 bits per heavy atom. The van der Waals surface area contributed by atoms with Crippen LogP contribution < -0.4 is 5.73 Å². The summed E-state index contributed by atoms with van der Waals surface area (Å²) in [4.78, 5) is 40.8. The standard InChI is InChI=1S/C11H10N4O4.C11H12N4O2/c1-19-11(16)9-2-8(3-10(4-9)15(17)18)5-14-7-12-6-13-14;1-17-11(16)9-2-8(3-10(12)4-9)5-15-7-13-6-14-15/h2-4,6-7H,5H2,1H3;2-4,6-7H,5,12H2,1H3. The number of nitro groups is 1.